The van der Waals surface area contributed by atoms with Gasteiger partial charge in [-0.1, -0.05) is 49.3 Å². The number of hydrogen-bond donors (Lipinski definition) is 2. The predicted molar refractivity (Wildman–Crippen MR) is 67.8 cm³/mol. The van der Waals surface area contributed by atoms with Crippen LogP contribution in [0.1, 0.15) is 32.6 Å². The minimum atomic E-state index is 0.553. The fourth-order valence-electron chi connectivity index (χ4n) is 1.09. The Labute approximate surface area is 103 Å². The minimum absolute atomic E-state index is 0.553. The number of nitrogens with zero attached hydrogens (tertiary/aromatic N) is 3. The molecular weight excluding hydrogens is 244 g/mol. The second-order valence-corrected chi connectivity index (χ2v) is 5.44. The van der Waals surface area contributed by atoms with E-state index in [0.717, 1.165) is 10.1 Å². The molecule has 0 fully saturated rings. The summed E-state index contributed by atoms with van der Waals surface area (Å²) in [6, 6.07) is 0. The summed E-state index contributed by atoms with van der Waals surface area (Å²) in [5, 5.41) is 16.7. The second kappa shape index (κ2) is 8.49. The molecule has 0 aromatic carbocycles. The zero-order valence-electron chi connectivity index (χ0n) is 9.22. The Morgan fingerprint density at radius 2 is 2.31 bits per heavy atom. The molecule has 2 N–H and O–H groups in total. The first-order valence-electron chi connectivity index (χ1n) is 5.25. The molecule has 0 aliphatic rings. The van der Waals surface area contributed by atoms with Gasteiger partial charge in [0, 0.05) is 5.75 Å². The fourth-order valence-corrected chi connectivity index (χ4v) is 2.84. The quantitative estimate of drug-likeness (QED) is 0.247. The van der Waals surface area contributed by atoms with E-state index in [2.05, 4.69) is 22.1 Å². The van der Waals surface area contributed by atoms with Gasteiger partial charge < -0.3 is 0 Å². The van der Waals surface area contributed by atoms with Gasteiger partial charge in [0.05, 0.1) is 0 Å². The third-order valence-corrected chi connectivity index (χ3v) is 3.90. The van der Waals surface area contributed by atoms with Crippen LogP contribution < -0.4 is 5.48 Å². The van der Waals surface area contributed by atoms with Crippen molar-refractivity contribution in [2.24, 2.45) is 4.99 Å². The van der Waals surface area contributed by atoms with E-state index >= 15 is 0 Å². The second-order valence-electron chi connectivity index (χ2n) is 3.15. The zero-order chi connectivity index (χ0) is 11.6. The van der Waals surface area contributed by atoms with Crippen LogP contribution in [0.15, 0.2) is 9.33 Å². The number of aliphatic imine (C=N–C) groups is 1. The average Bonchev–Trinajstić information content (AvgIpc) is 2.74. The number of aromatic nitrogens is 2. The predicted octanol–water partition coefficient (Wildman–Crippen LogP) is 2.85. The summed E-state index contributed by atoms with van der Waals surface area (Å²) in [5.41, 5.74) is 1.83. The summed E-state index contributed by atoms with van der Waals surface area (Å²) in [4.78, 5) is 3.85. The molecule has 0 spiro atoms. The largest absolute Gasteiger partial charge is 0.290 e. The topological polar surface area (TPSA) is 70.4 Å². The van der Waals surface area contributed by atoms with Crippen LogP contribution in [0, 0.1) is 0 Å². The Bertz CT molecular complexity index is 316. The lowest BCUT2D eigenvalue weighted by atomic mass is 10.2. The number of thioether (sulfide) groups is 1. The van der Waals surface area contributed by atoms with Crippen molar-refractivity contribution in [3.8, 4) is 0 Å². The Kier molecular flexibility index (Phi) is 7.11. The van der Waals surface area contributed by atoms with Crippen LogP contribution in [0.5, 0.6) is 0 Å². The van der Waals surface area contributed by atoms with Gasteiger partial charge in [0.25, 0.3) is 0 Å². The van der Waals surface area contributed by atoms with E-state index in [-0.39, 0.29) is 0 Å². The van der Waals surface area contributed by atoms with Crippen LogP contribution in [-0.2, 0) is 0 Å². The molecule has 1 rings (SSSR count). The van der Waals surface area contributed by atoms with E-state index < -0.39 is 0 Å². The van der Waals surface area contributed by atoms with Crippen LogP contribution in [0.2, 0.25) is 0 Å². The minimum Gasteiger partial charge on any atom is -0.290 e. The van der Waals surface area contributed by atoms with E-state index in [1.54, 1.807) is 11.8 Å². The van der Waals surface area contributed by atoms with Crippen molar-refractivity contribution < 1.29 is 5.21 Å². The highest BCUT2D eigenvalue weighted by Crippen LogP contribution is 2.27. The standard InChI is InChI=1S/C9H16N4OS2/c1-2-3-4-5-6-15-9-13-12-8(16-9)10-7-11-14/h7,14H,2-6H2,1H3,(H,10,11,12). The number of unbranched alkanes of at least 4 members (excludes halogenated alkanes) is 3. The van der Waals surface area contributed by atoms with Crippen LogP contribution in [-0.4, -0.2) is 27.5 Å². The first-order chi connectivity index (χ1) is 7.86. The summed E-state index contributed by atoms with van der Waals surface area (Å²) in [6.07, 6.45) is 6.23. The highest BCUT2D eigenvalue weighted by Gasteiger charge is 2.02. The zero-order valence-corrected chi connectivity index (χ0v) is 10.9. The van der Waals surface area contributed by atoms with E-state index in [1.165, 1.54) is 43.4 Å². The third-order valence-electron chi connectivity index (χ3n) is 1.85. The van der Waals surface area contributed by atoms with E-state index in [0.29, 0.717) is 5.13 Å². The smallest absolute Gasteiger partial charge is 0.233 e. The van der Waals surface area contributed by atoms with Crippen molar-refractivity contribution in [2.45, 2.75) is 36.9 Å². The molecule has 0 unspecified atom stereocenters. The summed E-state index contributed by atoms with van der Waals surface area (Å²) in [5.74, 6) is 1.08. The van der Waals surface area contributed by atoms with Gasteiger partial charge >= 0.3 is 0 Å². The van der Waals surface area contributed by atoms with Crippen LogP contribution in [0.4, 0.5) is 5.13 Å². The van der Waals surface area contributed by atoms with Crippen molar-refractivity contribution in [3.05, 3.63) is 0 Å². The van der Waals surface area contributed by atoms with Crippen LogP contribution >= 0.6 is 23.1 Å². The Morgan fingerprint density at radius 1 is 1.44 bits per heavy atom. The first kappa shape index (κ1) is 13.4. The SMILES string of the molecule is CCCCCCSc1nnc(N=CNO)s1. The first-order valence-corrected chi connectivity index (χ1v) is 7.05. The summed E-state index contributed by atoms with van der Waals surface area (Å²) < 4.78 is 0.932. The number of nitrogens with one attached hydrogen (secondary N) is 1. The van der Waals surface area contributed by atoms with Gasteiger partial charge in [-0.15, -0.1) is 10.2 Å². The maximum absolute atomic E-state index is 8.31. The van der Waals surface area contributed by atoms with E-state index in [4.69, 9.17) is 5.21 Å². The molecule has 0 radical (unpaired) electrons. The maximum Gasteiger partial charge on any atom is 0.233 e. The Hall–Kier alpha value is -0.660. The highest BCUT2D eigenvalue weighted by molar-refractivity contribution is 8.01. The molecule has 0 bridgehead atoms. The number of hydroxylamine groups is 1. The van der Waals surface area contributed by atoms with Crippen molar-refractivity contribution in [2.75, 3.05) is 5.75 Å². The Morgan fingerprint density at radius 3 is 3.06 bits per heavy atom. The van der Waals surface area contributed by atoms with Crippen molar-refractivity contribution in [1.82, 2.24) is 15.7 Å². The summed E-state index contributed by atoms with van der Waals surface area (Å²) in [7, 11) is 0. The molecule has 7 heteroatoms. The van der Waals surface area contributed by atoms with Gasteiger partial charge in [0.1, 0.15) is 6.34 Å². The lowest BCUT2D eigenvalue weighted by molar-refractivity contribution is 0.240. The normalized spacial score (nSPS) is 11.1. The van der Waals surface area contributed by atoms with Gasteiger partial charge in [0.2, 0.25) is 5.13 Å². The maximum atomic E-state index is 8.31. The molecule has 0 aliphatic carbocycles. The lowest BCUT2D eigenvalue weighted by Gasteiger charge is -1.96. The molecular formula is C9H16N4OS2. The van der Waals surface area contributed by atoms with Gasteiger partial charge in [-0.25, -0.2) is 4.99 Å². The summed E-state index contributed by atoms with van der Waals surface area (Å²) in [6.45, 7) is 2.21. The fraction of sp³-hybridized carbons (Fsp3) is 0.667. The van der Waals surface area contributed by atoms with Gasteiger partial charge in [0.15, 0.2) is 4.34 Å². The number of rotatable bonds is 8. The van der Waals surface area contributed by atoms with Crippen LogP contribution in [0.25, 0.3) is 0 Å². The lowest BCUT2D eigenvalue weighted by Crippen LogP contribution is -2.00. The molecule has 0 atom stereocenters. The molecule has 0 saturated carbocycles. The number of hydrogen-bond acceptors (Lipinski definition) is 6. The molecule has 5 nitrogen and oxygen atoms in total. The molecule has 16 heavy (non-hydrogen) atoms. The van der Waals surface area contributed by atoms with Gasteiger partial charge in [-0.2, -0.15) is 0 Å². The molecule has 1 heterocycles. The molecule has 0 amide bonds. The van der Waals surface area contributed by atoms with Crippen molar-refractivity contribution in [3.63, 3.8) is 0 Å². The Balaban J connectivity index is 2.21. The highest BCUT2D eigenvalue weighted by atomic mass is 32.2. The summed E-state index contributed by atoms with van der Waals surface area (Å²) >= 11 is 3.14. The van der Waals surface area contributed by atoms with Crippen LogP contribution in [0.3, 0.4) is 0 Å². The molecule has 1 aromatic heterocycles. The monoisotopic (exact) mass is 260 g/mol. The van der Waals surface area contributed by atoms with Gasteiger partial charge in [-0.05, 0) is 6.42 Å². The molecule has 0 aliphatic heterocycles. The van der Waals surface area contributed by atoms with Crippen molar-refractivity contribution >= 4 is 34.6 Å². The van der Waals surface area contributed by atoms with Crippen molar-refractivity contribution in [1.29, 1.82) is 0 Å². The van der Waals surface area contributed by atoms with Gasteiger partial charge in [-0.3, -0.25) is 10.7 Å². The van der Waals surface area contributed by atoms with E-state index in [9.17, 15) is 0 Å². The third kappa shape index (κ3) is 5.43. The van der Waals surface area contributed by atoms with E-state index in [1.807, 2.05) is 5.48 Å². The average molecular weight is 260 g/mol. The molecule has 90 valence electrons. The molecule has 1 aromatic rings. The molecule has 0 saturated heterocycles.